The summed E-state index contributed by atoms with van der Waals surface area (Å²) in [5, 5.41) is 5.39. The molecular weight excluding hydrogens is 482 g/mol. The number of amides is 1. The van der Waals surface area contributed by atoms with Crippen LogP contribution in [0.25, 0.3) is 16.3 Å². The summed E-state index contributed by atoms with van der Waals surface area (Å²) in [4.78, 5) is 32.1. The fraction of sp³-hybridized carbons (Fsp3) is 0.464. The zero-order chi connectivity index (χ0) is 25.1. The van der Waals surface area contributed by atoms with E-state index in [2.05, 4.69) is 43.1 Å². The van der Waals surface area contributed by atoms with Gasteiger partial charge < -0.3 is 4.90 Å². The summed E-state index contributed by atoms with van der Waals surface area (Å²) in [6.45, 7) is 7.98. The standard InChI is InChI=1S/C28H31N7OS/c1-18-13-29-26(30-14-18)21-3-5-23-20(11-21)4-6-24(23)34-16-28(17-34)7-9-33(10-8-28)25(36)12-22-15-35-27(31-22)37-19(2)32-35/h3,5,11,13-15,24H,4,6-10,12,16-17H2,1-2H3. The lowest BCUT2D eigenvalue weighted by Gasteiger charge is -2.56. The van der Waals surface area contributed by atoms with Crippen molar-refractivity contribution in [2.75, 3.05) is 26.2 Å². The third-order valence-corrected chi connectivity index (χ3v) is 9.29. The molecule has 0 bridgehead atoms. The highest BCUT2D eigenvalue weighted by molar-refractivity contribution is 7.16. The lowest BCUT2D eigenvalue weighted by atomic mass is 9.71. The van der Waals surface area contributed by atoms with Crippen LogP contribution in [-0.2, 0) is 17.6 Å². The van der Waals surface area contributed by atoms with Crippen LogP contribution in [0.15, 0.2) is 36.8 Å². The average molecular weight is 514 g/mol. The number of aryl methyl sites for hydroxylation is 3. The Balaban J connectivity index is 0.948. The SMILES string of the molecule is Cc1cnc(-c2ccc3c(c2)CCC3N2CC3(CCN(C(=O)Cc4cn5nc(C)sc5n4)CC3)C2)nc1. The molecule has 1 atom stereocenters. The highest BCUT2D eigenvalue weighted by Gasteiger charge is 2.48. The van der Waals surface area contributed by atoms with E-state index in [9.17, 15) is 4.79 Å². The number of nitrogens with zero attached hydrogens (tertiary/aromatic N) is 7. The second kappa shape index (κ2) is 8.70. The Labute approximate surface area is 220 Å². The molecule has 7 rings (SSSR count). The van der Waals surface area contributed by atoms with Crippen molar-refractivity contribution < 1.29 is 4.79 Å². The number of imidazole rings is 1. The molecule has 0 saturated carbocycles. The van der Waals surface area contributed by atoms with E-state index < -0.39 is 0 Å². The summed E-state index contributed by atoms with van der Waals surface area (Å²) in [5.74, 6) is 0.993. The normalized spacial score (nSPS) is 20.9. The number of benzene rings is 1. The van der Waals surface area contributed by atoms with Crippen molar-refractivity contribution in [3.8, 4) is 11.4 Å². The average Bonchev–Trinajstić information content (AvgIpc) is 3.55. The molecule has 8 nitrogen and oxygen atoms in total. The summed E-state index contributed by atoms with van der Waals surface area (Å²) in [7, 11) is 0. The molecule has 37 heavy (non-hydrogen) atoms. The molecule has 1 spiro atoms. The number of fused-ring (bicyclic) bond motifs is 2. The maximum Gasteiger partial charge on any atom is 0.228 e. The van der Waals surface area contributed by atoms with Crippen molar-refractivity contribution in [1.82, 2.24) is 34.4 Å². The van der Waals surface area contributed by atoms with Crippen molar-refractivity contribution in [1.29, 1.82) is 0 Å². The molecule has 9 heteroatoms. The van der Waals surface area contributed by atoms with E-state index in [1.54, 1.807) is 15.9 Å². The number of piperidine rings is 1. The number of hydrogen-bond donors (Lipinski definition) is 0. The summed E-state index contributed by atoms with van der Waals surface area (Å²) in [6.07, 6.45) is 10.5. The van der Waals surface area contributed by atoms with Crippen LogP contribution in [-0.4, -0.2) is 66.5 Å². The molecule has 3 aromatic heterocycles. The van der Waals surface area contributed by atoms with Gasteiger partial charge in [0.05, 0.1) is 18.3 Å². The van der Waals surface area contributed by atoms with Gasteiger partial charge in [-0.3, -0.25) is 9.69 Å². The van der Waals surface area contributed by atoms with E-state index in [0.29, 0.717) is 17.9 Å². The zero-order valence-electron chi connectivity index (χ0n) is 21.4. The van der Waals surface area contributed by atoms with Gasteiger partial charge in [0, 0.05) is 50.2 Å². The quantitative estimate of drug-likeness (QED) is 0.410. The first-order valence-corrected chi connectivity index (χ1v) is 14.0. The van der Waals surface area contributed by atoms with Crippen LogP contribution in [0.4, 0.5) is 0 Å². The van der Waals surface area contributed by atoms with Crippen LogP contribution < -0.4 is 0 Å². The van der Waals surface area contributed by atoms with E-state index in [1.807, 2.05) is 37.3 Å². The third kappa shape index (κ3) is 4.14. The van der Waals surface area contributed by atoms with Crippen LogP contribution in [0, 0.1) is 19.3 Å². The first-order valence-electron chi connectivity index (χ1n) is 13.2. The van der Waals surface area contributed by atoms with Crippen molar-refractivity contribution in [2.45, 2.75) is 52.0 Å². The predicted octanol–water partition coefficient (Wildman–Crippen LogP) is 4.02. The summed E-state index contributed by atoms with van der Waals surface area (Å²) in [5.41, 5.74) is 6.29. The van der Waals surface area contributed by atoms with Gasteiger partial charge in [-0.25, -0.2) is 19.5 Å². The van der Waals surface area contributed by atoms with Crippen LogP contribution in [0.2, 0.25) is 0 Å². The molecule has 4 aromatic rings. The molecule has 2 fully saturated rings. The maximum absolute atomic E-state index is 12.9. The molecule has 2 aliphatic heterocycles. The van der Waals surface area contributed by atoms with E-state index in [1.165, 1.54) is 17.5 Å². The lowest BCUT2D eigenvalue weighted by Crippen LogP contribution is -2.61. The molecule has 5 heterocycles. The van der Waals surface area contributed by atoms with Gasteiger partial charge in [-0.2, -0.15) is 5.10 Å². The highest BCUT2D eigenvalue weighted by atomic mass is 32.1. The molecule has 190 valence electrons. The van der Waals surface area contributed by atoms with Crippen LogP contribution in [0.5, 0.6) is 0 Å². The van der Waals surface area contributed by atoms with Gasteiger partial charge in [0.1, 0.15) is 5.01 Å². The van der Waals surface area contributed by atoms with Crippen molar-refractivity contribution >= 4 is 22.2 Å². The molecule has 2 saturated heterocycles. The Hall–Kier alpha value is -3.17. The first-order chi connectivity index (χ1) is 17.9. The molecule has 3 aliphatic rings. The van der Waals surface area contributed by atoms with Crippen molar-refractivity contribution in [3.63, 3.8) is 0 Å². The van der Waals surface area contributed by atoms with Crippen molar-refractivity contribution in [3.05, 3.63) is 64.2 Å². The zero-order valence-corrected chi connectivity index (χ0v) is 22.2. The molecule has 1 aromatic carbocycles. The number of hydrogen-bond acceptors (Lipinski definition) is 7. The second-order valence-corrected chi connectivity index (χ2v) is 12.3. The lowest BCUT2D eigenvalue weighted by molar-refractivity contribution is -0.136. The van der Waals surface area contributed by atoms with Gasteiger partial charge in [-0.05, 0) is 67.7 Å². The molecule has 1 aliphatic carbocycles. The number of likely N-dealkylation sites (tertiary alicyclic amines) is 2. The minimum absolute atomic E-state index is 0.187. The second-order valence-electron chi connectivity index (χ2n) is 11.1. The van der Waals surface area contributed by atoms with Gasteiger partial charge >= 0.3 is 0 Å². The van der Waals surface area contributed by atoms with E-state index in [4.69, 9.17) is 0 Å². The number of carbonyl (C=O) groups excluding carboxylic acids is 1. The molecule has 1 unspecified atom stereocenters. The van der Waals surface area contributed by atoms with E-state index in [0.717, 1.165) is 78.1 Å². The maximum atomic E-state index is 12.9. The number of rotatable bonds is 4. The Bertz CT molecular complexity index is 1440. The molecule has 1 amide bonds. The highest BCUT2D eigenvalue weighted by Crippen LogP contribution is 2.48. The van der Waals surface area contributed by atoms with Gasteiger partial charge in [0.25, 0.3) is 0 Å². The summed E-state index contributed by atoms with van der Waals surface area (Å²) >= 11 is 1.56. The van der Waals surface area contributed by atoms with Gasteiger partial charge in [-0.15, -0.1) is 0 Å². The van der Waals surface area contributed by atoms with E-state index >= 15 is 0 Å². The van der Waals surface area contributed by atoms with Gasteiger partial charge in [0.2, 0.25) is 10.9 Å². The van der Waals surface area contributed by atoms with Gasteiger partial charge in [-0.1, -0.05) is 23.5 Å². The Morgan fingerprint density at radius 1 is 1.14 bits per heavy atom. The van der Waals surface area contributed by atoms with E-state index in [-0.39, 0.29) is 5.91 Å². The van der Waals surface area contributed by atoms with Crippen LogP contribution >= 0.6 is 11.3 Å². The molecule has 0 N–H and O–H groups in total. The minimum atomic E-state index is 0.187. The molecule has 0 radical (unpaired) electrons. The Morgan fingerprint density at radius 2 is 1.92 bits per heavy atom. The fourth-order valence-electron chi connectivity index (χ4n) is 6.43. The smallest absolute Gasteiger partial charge is 0.228 e. The topological polar surface area (TPSA) is 79.5 Å². The number of aromatic nitrogens is 5. The van der Waals surface area contributed by atoms with Crippen LogP contribution in [0.1, 0.15) is 52.7 Å². The molecular formula is C28H31N7OS. The minimum Gasteiger partial charge on any atom is -0.342 e. The van der Waals surface area contributed by atoms with Crippen LogP contribution in [0.3, 0.4) is 0 Å². The third-order valence-electron chi connectivity index (χ3n) is 8.45. The summed E-state index contributed by atoms with van der Waals surface area (Å²) < 4.78 is 1.79. The largest absolute Gasteiger partial charge is 0.342 e. The predicted molar refractivity (Wildman–Crippen MR) is 142 cm³/mol. The Kier molecular flexibility index (Phi) is 5.40. The first kappa shape index (κ1) is 23.0. The van der Waals surface area contributed by atoms with Gasteiger partial charge in [0.15, 0.2) is 5.82 Å². The summed E-state index contributed by atoms with van der Waals surface area (Å²) in [6, 6.07) is 7.29. The number of carbonyl (C=O) groups is 1. The van der Waals surface area contributed by atoms with Crippen molar-refractivity contribution in [2.24, 2.45) is 5.41 Å². The monoisotopic (exact) mass is 513 g/mol. The fourth-order valence-corrected chi connectivity index (χ4v) is 7.18. The Morgan fingerprint density at radius 3 is 2.68 bits per heavy atom.